The lowest BCUT2D eigenvalue weighted by Gasteiger charge is -2.16. The Kier molecular flexibility index (Phi) is 3.29. The third kappa shape index (κ3) is 2.39. The first-order valence-corrected chi connectivity index (χ1v) is 5.94. The predicted octanol–water partition coefficient (Wildman–Crippen LogP) is 2.38. The molecule has 0 saturated heterocycles. The molecule has 0 radical (unpaired) electrons. The van der Waals surface area contributed by atoms with Gasteiger partial charge in [0.1, 0.15) is 0 Å². The summed E-state index contributed by atoms with van der Waals surface area (Å²) in [5.74, 6) is 0. The second kappa shape index (κ2) is 4.72. The van der Waals surface area contributed by atoms with Gasteiger partial charge in [-0.1, -0.05) is 12.1 Å². The molecule has 1 heterocycles. The van der Waals surface area contributed by atoms with Crippen LogP contribution in [0.4, 0.5) is 0 Å². The van der Waals surface area contributed by atoms with Crippen LogP contribution in [-0.2, 0) is 6.42 Å². The normalized spacial score (nSPS) is 12.7. The molecule has 0 aliphatic rings. The third-order valence-corrected chi connectivity index (χ3v) is 3.06. The average Bonchev–Trinajstić information content (AvgIpc) is 2.76. The Morgan fingerprint density at radius 1 is 1.35 bits per heavy atom. The summed E-state index contributed by atoms with van der Waals surface area (Å²) in [6.07, 6.45) is 4.65. The fourth-order valence-electron chi connectivity index (χ4n) is 2.09. The van der Waals surface area contributed by atoms with Gasteiger partial charge in [0, 0.05) is 18.4 Å². The third-order valence-electron chi connectivity index (χ3n) is 3.06. The number of hydrogen-bond acceptors (Lipinski definition) is 2. The summed E-state index contributed by atoms with van der Waals surface area (Å²) >= 11 is 0. The van der Waals surface area contributed by atoms with Crippen LogP contribution in [0.25, 0.3) is 5.69 Å². The molecule has 2 rings (SSSR count). The first kappa shape index (κ1) is 11.9. The van der Waals surface area contributed by atoms with Crippen LogP contribution in [0.5, 0.6) is 0 Å². The molecule has 17 heavy (non-hydrogen) atoms. The van der Waals surface area contributed by atoms with Crippen LogP contribution in [0.1, 0.15) is 23.6 Å². The van der Waals surface area contributed by atoms with Gasteiger partial charge < -0.3 is 5.73 Å². The van der Waals surface area contributed by atoms with Crippen molar-refractivity contribution in [1.82, 2.24) is 9.78 Å². The van der Waals surface area contributed by atoms with Crippen molar-refractivity contribution in [3.05, 3.63) is 47.3 Å². The van der Waals surface area contributed by atoms with E-state index in [0.717, 1.165) is 6.42 Å². The van der Waals surface area contributed by atoms with E-state index >= 15 is 0 Å². The van der Waals surface area contributed by atoms with Gasteiger partial charge >= 0.3 is 0 Å². The van der Waals surface area contributed by atoms with Gasteiger partial charge in [0.15, 0.2) is 0 Å². The summed E-state index contributed by atoms with van der Waals surface area (Å²) in [5.41, 5.74) is 10.9. The molecule has 0 fully saturated rings. The van der Waals surface area contributed by atoms with Crippen molar-refractivity contribution in [3.8, 4) is 5.69 Å². The van der Waals surface area contributed by atoms with Gasteiger partial charge in [0.25, 0.3) is 0 Å². The Morgan fingerprint density at radius 3 is 2.71 bits per heavy atom. The topological polar surface area (TPSA) is 43.8 Å². The van der Waals surface area contributed by atoms with E-state index in [4.69, 9.17) is 5.73 Å². The number of nitrogens with two attached hydrogens (primary N) is 1. The Bertz CT molecular complexity index is 498. The minimum absolute atomic E-state index is 0.159. The number of rotatable bonds is 3. The molecule has 0 aliphatic heterocycles. The zero-order valence-corrected chi connectivity index (χ0v) is 10.6. The highest BCUT2D eigenvalue weighted by Crippen LogP contribution is 2.22. The van der Waals surface area contributed by atoms with E-state index in [1.807, 2.05) is 23.9 Å². The molecule has 0 amide bonds. The number of hydrogen-bond donors (Lipinski definition) is 1. The maximum atomic E-state index is 5.91. The summed E-state index contributed by atoms with van der Waals surface area (Å²) in [7, 11) is 0. The van der Waals surface area contributed by atoms with Gasteiger partial charge in [-0.3, -0.25) is 0 Å². The Hall–Kier alpha value is -1.61. The van der Waals surface area contributed by atoms with Gasteiger partial charge in [-0.25, -0.2) is 4.68 Å². The van der Waals surface area contributed by atoms with Crippen LogP contribution in [-0.4, -0.2) is 15.8 Å². The lowest BCUT2D eigenvalue weighted by atomic mass is 9.98. The quantitative estimate of drug-likeness (QED) is 0.878. The van der Waals surface area contributed by atoms with Crippen molar-refractivity contribution in [2.45, 2.75) is 33.2 Å². The van der Waals surface area contributed by atoms with Crippen LogP contribution in [0, 0.1) is 13.8 Å². The standard InChI is InChI=1S/C14H19N3/c1-10-5-6-13(9-11(2)15)14(12(10)3)17-8-4-7-16-17/h4-8,11H,9,15H2,1-3H3. The number of aromatic nitrogens is 2. The molecule has 0 saturated carbocycles. The molecule has 2 N–H and O–H groups in total. The molecule has 90 valence electrons. The Balaban J connectivity index is 2.56. The first-order valence-electron chi connectivity index (χ1n) is 5.94. The molecule has 3 nitrogen and oxygen atoms in total. The van der Waals surface area contributed by atoms with Crippen molar-refractivity contribution in [1.29, 1.82) is 0 Å². The van der Waals surface area contributed by atoms with Gasteiger partial charge in [0.2, 0.25) is 0 Å². The highest BCUT2D eigenvalue weighted by Gasteiger charge is 2.11. The smallest absolute Gasteiger partial charge is 0.0709 e. The lowest BCUT2D eigenvalue weighted by molar-refractivity contribution is 0.725. The van der Waals surface area contributed by atoms with Crippen LogP contribution in [0.15, 0.2) is 30.6 Å². The molecule has 0 bridgehead atoms. The van der Waals surface area contributed by atoms with E-state index in [1.54, 1.807) is 6.20 Å². The summed E-state index contributed by atoms with van der Waals surface area (Å²) in [4.78, 5) is 0. The molecule has 1 aromatic carbocycles. The molecule has 0 spiro atoms. The fourth-order valence-corrected chi connectivity index (χ4v) is 2.09. The second-order valence-corrected chi connectivity index (χ2v) is 4.65. The van der Waals surface area contributed by atoms with E-state index in [9.17, 15) is 0 Å². The highest BCUT2D eigenvalue weighted by molar-refractivity contribution is 5.51. The summed E-state index contributed by atoms with van der Waals surface area (Å²) in [6.45, 7) is 6.29. The predicted molar refractivity (Wildman–Crippen MR) is 70.4 cm³/mol. The number of nitrogens with zero attached hydrogens (tertiary/aromatic N) is 2. The first-order chi connectivity index (χ1) is 8.09. The molecule has 0 aliphatic carbocycles. The van der Waals surface area contributed by atoms with Crippen molar-refractivity contribution >= 4 is 0 Å². The minimum Gasteiger partial charge on any atom is -0.328 e. The molecule has 1 atom stereocenters. The minimum atomic E-state index is 0.159. The summed E-state index contributed by atoms with van der Waals surface area (Å²) in [6, 6.07) is 6.41. The van der Waals surface area contributed by atoms with Gasteiger partial charge in [0.05, 0.1) is 5.69 Å². The van der Waals surface area contributed by atoms with E-state index < -0.39 is 0 Å². The van der Waals surface area contributed by atoms with E-state index in [0.29, 0.717) is 0 Å². The van der Waals surface area contributed by atoms with E-state index in [1.165, 1.54) is 22.4 Å². The van der Waals surface area contributed by atoms with Crippen molar-refractivity contribution in [2.24, 2.45) is 5.73 Å². The van der Waals surface area contributed by atoms with Crippen LogP contribution >= 0.6 is 0 Å². The van der Waals surface area contributed by atoms with Crippen molar-refractivity contribution in [2.75, 3.05) is 0 Å². The highest BCUT2D eigenvalue weighted by atomic mass is 15.3. The van der Waals surface area contributed by atoms with Gasteiger partial charge in [-0.05, 0) is 49.9 Å². The molecule has 1 aromatic heterocycles. The van der Waals surface area contributed by atoms with Gasteiger partial charge in [-0.15, -0.1) is 0 Å². The second-order valence-electron chi connectivity index (χ2n) is 4.65. The van der Waals surface area contributed by atoms with Crippen molar-refractivity contribution in [3.63, 3.8) is 0 Å². The Labute approximate surface area is 102 Å². The van der Waals surface area contributed by atoms with E-state index in [-0.39, 0.29) is 6.04 Å². The van der Waals surface area contributed by atoms with Crippen LogP contribution < -0.4 is 5.73 Å². The average molecular weight is 229 g/mol. The molecule has 1 unspecified atom stereocenters. The number of aryl methyl sites for hydroxylation is 1. The lowest BCUT2D eigenvalue weighted by Crippen LogP contribution is -2.19. The maximum Gasteiger partial charge on any atom is 0.0709 e. The molecule has 2 aromatic rings. The zero-order valence-electron chi connectivity index (χ0n) is 10.6. The van der Waals surface area contributed by atoms with Gasteiger partial charge in [-0.2, -0.15) is 5.10 Å². The fraction of sp³-hybridized carbons (Fsp3) is 0.357. The van der Waals surface area contributed by atoms with Crippen LogP contribution in [0.3, 0.4) is 0 Å². The van der Waals surface area contributed by atoms with E-state index in [2.05, 4.69) is 31.1 Å². The molecular formula is C14H19N3. The van der Waals surface area contributed by atoms with Crippen molar-refractivity contribution < 1.29 is 0 Å². The SMILES string of the molecule is Cc1ccc(CC(C)N)c(-n2cccn2)c1C. The Morgan fingerprint density at radius 2 is 2.12 bits per heavy atom. The largest absolute Gasteiger partial charge is 0.328 e. The summed E-state index contributed by atoms with van der Waals surface area (Å²) in [5, 5.41) is 4.33. The van der Waals surface area contributed by atoms with Crippen LogP contribution in [0.2, 0.25) is 0 Å². The maximum absolute atomic E-state index is 5.91. The monoisotopic (exact) mass is 229 g/mol. The summed E-state index contributed by atoms with van der Waals surface area (Å²) < 4.78 is 1.93. The zero-order chi connectivity index (χ0) is 12.4. The molecular weight excluding hydrogens is 210 g/mol. The molecule has 3 heteroatoms. The number of benzene rings is 1.